The number of rotatable bonds is 6. The number of hydrogen-bond acceptors (Lipinski definition) is 5. The fraction of sp³-hybridized carbons (Fsp3) is 0.286. The van der Waals surface area contributed by atoms with Crippen LogP contribution in [0.2, 0.25) is 0 Å². The minimum absolute atomic E-state index is 0.0571. The number of anilines is 1. The molecule has 1 heterocycles. The molecule has 2 aromatic carbocycles. The summed E-state index contributed by atoms with van der Waals surface area (Å²) >= 11 is 0. The topological polar surface area (TPSA) is 72.9 Å². The van der Waals surface area contributed by atoms with Crippen molar-refractivity contribution in [1.29, 1.82) is 0 Å². The summed E-state index contributed by atoms with van der Waals surface area (Å²) in [6.45, 7) is 3.98. The first kappa shape index (κ1) is 18.6. The molecule has 1 aliphatic rings. The molecule has 0 N–H and O–H groups in total. The smallest absolute Gasteiger partial charge is 0.316 e. The monoisotopic (exact) mass is 367 g/mol. The number of amides is 1. The lowest BCUT2D eigenvalue weighted by molar-refractivity contribution is -0.139. The Kier molecular flexibility index (Phi) is 5.54. The molecule has 3 rings (SSSR count). The lowest BCUT2D eigenvalue weighted by Crippen LogP contribution is -2.28. The zero-order chi connectivity index (χ0) is 19.4. The third-order valence-electron chi connectivity index (χ3n) is 4.39. The van der Waals surface area contributed by atoms with Gasteiger partial charge < -0.3 is 14.4 Å². The third-order valence-corrected chi connectivity index (χ3v) is 4.39. The van der Waals surface area contributed by atoms with Crippen LogP contribution >= 0.6 is 0 Å². The van der Waals surface area contributed by atoms with Crippen LogP contribution in [0.4, 0.5) is 5.69 Å². The number of Topliss-reactive ketones (excluding diaryl/α,β-unsaturated/α-hetero) is 1. The molecule has 140 valence electrons. The Balaban J connectivity index is 1.76. The van der Waals surface area contributed by atoms with E-state index < -0.39 is 11.9 Å². The molecular formula is C21H21NO5. The molecule has 1 saturated heterocycles. The van der Waals surface area contributed by atoms with Crippen molar-refractivity contribution < 1.29 is 23.9 Å². The molecule has 1 fully saturated rings. The molecule has 1 aliphatic heterocycles. The fourth-order valence-electron chi connectivity index (χ4n) is 3.09. The van der Waals surface area contributed by atoms with Gasteiger partial charge in [-0.15, -0.1) is 0 Å². The van der Waals surface area contributed by atoms with Gasteiger partial charge in [0.25, 0.3) is 0 Å². The molecule has 0 aromatic heterocycles. The first-order valence-corrected chi connectivity index (χ1v) is 8.85. The van der Waals surface area contributed by atoms with Gasteiger partial charge in [-0.3, -0.25) is 14.4 Å². The Morgan fingerprint density at radius 3 is 2.44 bits per heavy atom. The minimum atomic E-state index is -0.604. The van der Waals surface area contributed by atoms with Crippen LogP contribution in [0.1, 0.15) is 30.6 Å². The van der Waals surface area contributed by atoms with Gasteiger partial charge in [0, 0.05) is 13.0 Å². The van der Waals surface area contributed by atoms with Crippen molar-refractivity contribution in [2.75, 3.05) is 18.1 Å². The van der Waals surface area contributed by atoms with E-state index in [-0.39, 0.29) is 30.4 Å². The number of carbonyl (C=O) groups excluding carboxylic acids is 3. The Bertz CT molecular complexity index is 876. The number of ketones is 1. The fourth-order valence-corrected chi connectivity index (χ4v) is 3.09. The summed E-state index contributed by atoms with van der Waals surface area (Å²) in [5.41, 5.74) is 0.984. The van der Waals surface area contributed by atoms with Crippen molar-refractivity contribution in [3.05, 3.63) is 54.1 Å². The van der Waals surface area contributed by atoms with Crippen molar-refractivity contribution in [1.82, 2.24) is 0 Å². The highest BCUT2D eigenvalue weighted by Gasteiger charge is 2.37. The number of esters is 1. The molecule has 0 aliphatic carbocycles. The van der Waals surface area contributed by atoms with E-state index in [9.17, 15) is 14.4 Å². The van der Waals surface area contributed by atoms with Crippen LogP contribution in [0.3, 0.4) is 0 Å². The van der Waals surface area contributed by atoms with Crippen LogP contribution in [-0.2, 0) is 9.59 Å². The van der Waals surface area contributed by atoms with E-state index in [0.29, 0.717) is 23.6 Å². The zero-order valence-electron chi connectivity index (χ0n) is 15.3. The van der Waals surface area contributed by atoms with Gasteiger partial charge in [0.15, 0.2) is 5.78 Å². The Morgan fingerprint density at radius 2 is 1.74 bits per heavy atom. The number of nitrogens with zero attached hydrogens (tertiary/aromatic N) is 1. The lowest BCUT2D eigenvalue weighted by atomic mass is 10.1. The highest BCUT2D eigenvalue weighted by atomic mass is 16.5. The van der Waals surface area contributed by atoms with Crippen molar-refractivity contribution in [3.8, 4) is 11.5 Å². The van der Waals surface area contributed by atoms with Crippen molar-refractivity contribution in [3.63, 3.8) is 0 Å². The number of hydrogen-bond donors (Lipinski definition) is 0. The standard InChI is InChI=1S/C21H21NO5/c1-3-26-19-11-7-5-9-17(19)22-13-15(12-20(22)24)21(25)27-18-10-6-4-8-16(18)14(2)23/h4-11,15H,3,12-13H2,1-2H3/t15-/m1/s1. The van der Waals surface area contributed by atoms with Gasteiger partial charge in [-0.1, -0.05) is 24.3 Å². The van der Waals surface area contributed by atoms with Gasteiger partial charge in [-0.05, 0) is 38.1 Å². The van der Waals surface area contributed by atoms with E-state index in [1.165, 1.54) is 6.92 Å². The van der Waals surface area contributed by atoms with Crippen LogP contribution in [0, 0.1) is 5.92 Å². The molecule has 27 heavy (non-hydrogen) atoms. The van der Waals surface area contributed by atoms with E-state index in [2.05, 4.69) is 0 Å². The van der Waals surface area contributed by atoms with E-state index in [1.807, 2.05) is 19.1 Å². The van der Waals surface area contributed by atoms with E-state index >= 15 is 0 Å². The average Bonchev–Trinajstić information content (AvgIpc) is 3.04. The second kappa shape index (κ2) is 8.03. The average molecular weight is 367 g/mol. The molecule has 0 spiro atoms. The Morgan fingerprint density at radius 1 is 1.07 bits per heavy atom. The third kappa shape index (κ3) is 4.00. The first-order valence-electron chi connectivity index (χ1n) is 8.85. The van der Waals surface area contributed by atoms with Gasteiger partial charge >= 0.3 is 5.97 Å². The summed E-state index contributed by atoms with van der Waals surface area (Å²) in [5, 5.41) is 0. The van der Waals surface area contributed by atoms with Gasteiger partial charge in [0.2, 0.25) is 5.91 Å². The SMILES string of the molecule is CCOc1ccccc1N1C[C@H](C(=O)Oc2ccccc2C(C)=O)CC1=O. The van der Waals surface area contributed by atoms with Gasteiger partial charge in [-0.25, -0.2) is 0 Å². The largest absolute Gasteiger partial charge is 0.492 e. The van der Waals surface area contributed by atoms with E-state index in [4.69, 9.17) is 9.47 Å². The van der Waals surface area contributed by atoms with Crippen LogP contribution < -0.4 is 14.4 Å². The van der Waals surface area contributed by atoms with Gasteiger partial charge in [-0.2, -0.15) is 0 Å². The molecular weight excluding hydrogens is 346 g/mol. The summed E-state index contributed by atoms with van der Waals surface area (Å²) in [4.78, 5) is 38.3. The molecule has 6 heteroatoms. The molecule has 1 atom stereocenters. The van der Waals surface area contributed by atoms with Crippen molar-refractivity contribution >= 4 is 23.3 Å². The van der Waals surface area contributed by atoms with Crippen LogP contribution in [-0.4, -0.2) is 30.8 Å². The quantitative estimate of drug-likeness (QED) is 0.445. The predicted molar refractivity (Wildman–Crippen MR) is 100 cm³/mol. The number of ether oxygens (including phenoxy) is 2. The zero-order valence-corrected chi connectivity index (χ0v) is 15.3. The maximum atomic E-state index is 12.6. The number of benzene rings is 2. The molecule has 1 amide bonds. The second-order valence-corrected chi connectivity index (χ2v) is 6.28. The molecule has 0 saturated carbocycles. The molecule has 0 radical (unpaired) electrons. The predicted octanol–water partition coefficient (Wildman–Crippen LogP) is 3.25. The lowest BCUT2D eigenvalue weighted by Gasteiger charge is -2.20. The Hall–Kier alpha value is -3.15. The van der Waals surface area contributed by atoms with Gasteiger partial charge in [0.05, 0.1) is 23.8 Å². The number of para-hydroxylation sites is 3. The summed E-state index contributed by atoms with van der Waals surface area (Å²) in [5.74, 6) is -0.655. The highest BCUT2D eigenvalue weighted by Crippen LogP contribution is 2.33. The van der Waals surface area contributed by atoms with E-state index in [1.54, 1.807) is 41.3 Å². The molecule has 0 unspecified atom stereocenters. The maximum Gasteiger partial charge on any atom is 0.316 e. The minimum Gasteiger partial charge on any atom is -0.492 e. The van der Waals surface area contributed by atoms with Crippen molar-refractivity contribution in [2.45, 2.75) is 20.3 Å². The van der Waals surface area contributed by atoms with E-state index in [0.717, 1.165) is 0 Å². The summed E-state index contributed by atoms with van der Waals surface area (Å²) < 4.78 is 11.0. The highest BCUT2D eigenvalue weighted by molar-refractivity contribution is 6.01. The molecule has 0 bridgehead atoms. The maximum absolute atomic E-state index is 12.6. The van der Waals surface area contributed by atoms with Crippen LogP contribution in [0.5, 0.6) is 11.5 Å². The Labute approximate surface area is 157 Å². The molecule has 6 nitrogen and oxygen atoms in total. The molecule has 2 aromatic rings. The summed E-state index contributed by atoms with van der Waals surface area (Å²) in [6, 6.07) is 13.8. The second-order valence-electron chi connectivity index (χ2n) is 6.28. The summed E-state index contributed by atoms with van der Waals surface area (Å²) in [7, 11) is 0. The first-order chi connectivity index (χ1) is 13.0. The normalized spacial score (nSPS) is 16.3. The van der Waals surface area contributed by atoms with Gasteiger partial charge in [0.1, 0.15) is 11.5 Å². The van der Waals surface area contributed by atoms with Crippen molar-refractivity contribution in [2.24, 2.45) is 5.92 Å². The van der Waals surface area contributed by atoms with Crippen LogP contribution in [0.25, 0.3) is 0 Å². The summed E-state index contributed by atoms with van der Waals surface area (Å²) in [6.07, 6.45) is 0.0571. The number of carbonyl (C=O) groups is 3. The van der Waals surface area contributed by atoms with Crippen LogP contribution in [0.15, 0.2) is 48.5 Å².